The minimum absolute atomic E-state index is 0.625. The molecule has 9 nitrogen and oxygen atoms in total. The highest BCUT2D eigenvalue weighted by atomic mass is 16.0. The number of tetrazole rings is 1. The van der Waals surface area contributed by atoms with Gasteiger partial charge < -0.3 is 5.32 Å². The molecular formula is C30H29N9. The van der Waals surface area contributed by atoms with Gasteiger partial charge >= 0.3 is 0 Å². The van der Waals surface area contributed by atoms with Crippen molar-refractivity contribution in [1.82, 2.24) is 36.1 Å². The number of benzene rings is 4. The van der Waals surface area contributed by atoms with Crippen molar-refractivity contribution in [3.63, 3.8) is 0 Å². The highest BCUT2D eigenvalue weighted by Crippen LogP contribution is 2.37. The monoisotopic (exact) mass is 515 g/mol. The Hall–Kier alpha value is -4.86. The quantitative estimate of drug-likeness (QED) is 0.299. The van der Waals surface area contributed by atoms with Crippen LogP contribution in [0.3, 0.4) is 0 Å². The molecule has 1 aromatic heterocycles. The summed E-state index contributed by atoms with van der Waals surface area (Å²) < 4.78 is 0. The molecule has 5 aromatic rings. The molecule has 0 saturated heterocycles. The van der Waals surface area contributed by atoms with E-state index in [1.54, 1.807) is 11.1 Å². The molecule has 0 saturated carbocycles. The number of hydrogen-bond donors (Lipinski definition) is 2. The summed E-state index contributed by atoms with van der Waals surface area (Å²) in [5.74, 6) is 0. The second kappa shape index (κ2) is 10.9. The molecule has 6 rings (SSSR count). The van der Waals surface area contributed by atoms with E-state index in [1.807, 2.05) is 53.7 Å². The normalized spacial score (nSPS) is 14.7. The Morgan fingerprint density at radius 3 is 1.90 bits per heavy atom. The molecule has 2 N–H and O–H groups in total. The minimum Gasteiger partial charge on any atom is -0.320 e. The van der Waals surface area contributed by atoms with E-state index in [0.717, 1.165) is 33.5 Å². The molecule has 1 unspecified atom stereocenters. The van der Waals surface area contributed by atoms with Crippen LogP contribution in [-0.2, 0) is 5.66 Å². The number of nitrogens with zero attached hydrogens (tertiary/aromatic N) is 7. The number of aromatic nitrogens is 4. The number of hydrazone groups is 1. The minimum atomic E-state index is -0.886. The zero-order valence-corrected chi connectivity index (χ0v) is 21.6. The third-order valence-corrected chi connectivity index (χ3v) is 6.95. The standard InChI is InChI=1S/C30H29N9/c1-31-21-20-30(38-34-22-32-36-38,28-16-12-26(13-17-28)24-8-4-2-5-9-24)39-35-23-33-37(39)29-18-14-27(15-19-29)25-10-6-3-7-11-25/h2-19,22-23,31H,20-21H2,1H3,(H,33,35). The predicted octanol–water partition coefficient (Wildman–Crippen LogP) is 4.50. The van der Waals surface area contributed by atoms with Crippen molar-refractivity contribution in [2.45, 2.75) is 12.1 Å². The third-order valence-electron chi connectivity index (χ3n) is 6.95. The van der Waals surface area contributed by atoms with Gasteiger partial charge in [0, 0.05) is 6.42 Å². The zero-order chi connectivity index (χ0) is 26.5. The fourth-order valence-corrected chi connectivity index (χ4v) is 4.97. The van der Waals surface area contributed by atoms with Crippen LogP contribution in [0.15, 0.2) is 121 Å². The fraction of sp³-hybridized carbons (Fsp3) is 0.133. The second-order valence-electron chi connectivity index (χ2n) is 9.23. The lowest BCUT2D eigenvalue weighted by Gasteiger charge is -2.43. The van der Waals surface area contributed by atoms with E-state index in [4.69, 9.17) is 0 Å². The van der Waals surface area contributed by atoms with Gasteiger partial charge in [0.1, 0.15) is 6.34 Å². The maximum Gasteiger partial charge on any atom is 0.201 e. The average molecular weight is 516 g/mol. The molecule has 1 aliphatic rings. The molecule has 4 aromatic carbocycles. The van der Waals surface area contributed by atoms with Crippen LogP contribution in [0.2, 0.25) is 0 Å². The van der Waals surface area contributed by atoms with Crippen LogP contribution in [0.25, 0.3) is 22.3 Å². The van der Waals surface area contributed by atoms with Crippen LogP contribution in [0.4, 0.5) is 5.69 Å². The highest BCUT2D eigenvalue weighted by Gasteiger charge is 2.47. The topological polar surface area (TPSA) is 86.5 Å². The summed E-state index contributed by atoms with van der Waals surface area (Å²) >= 11 is 0. The third kappa shape index (κ3) is 4.65. The average Bonchev–Trinajstić information content (AvgIpc) is 3.73. The lowest BCUT2D eigenvalue weighted by atomic mass is 9.93. The zero-order valence-electron chi connectivity index (χ0n) is 21.6. The Morgan fingerprint density at radius 1 is 0.744 bits per heavy atom. The smallest absolute Gasteiger partial charge is 0.201 e. The van der Waals surface area contributed by atoms with E-state index in [-0.39, 0.29) is 0 Å². The number of anilines is 1. The highest BCUT2D eigenvalue weighted by molar-refractivity contribution is 5.68. The SMILES string of the molecule is CNCCC(c1ccc(-c2ccccc2)cc1)(N1NC=NN1c1ccc(-c2ccccc2)cc1)n1ncnn1. The maximum atomic E-state index is 4.68. The van der Waals surface area contributed by atoms with Gasteiger partial charge in [-0.25, -0.2) is 0 Å². The van der Waals surface area contributed by atoms with E-state index in [9.17, 15) is 0 Å². The van der Waals surface area contributed by atoms with Crippen molar-refractivity contribution in [3.8, 4) is 22.3 Å². The molecule has 2 heterocycles. The maximum absolute atomic E-state index is 4.68. The molecule has 0 fully saturated rings. The summed E-state index contributed by atoms with van der Waals surface area (Å²) in [4.78, 5) is 1.65. The molecule has 39 heavy (non-hydrogen) atoms. The Bertz CT molecular complexity index is 1500. The first-order valence-electron chi connectivity index (χ1n) is 12.9. The first-order chi connectivity index (χ1) is 19.3. The Balaban J connectivity index is 1.41. The van der Waals surface area contributed by atoms with Crippen molar-refractivity contribution >= 4 is 12.0 Å². The molecule has 0 spiro atoms. The van der Waals surface area contributed by atoms with E-state index in [0.29, 0.717) is 13.0 Å². The molecule has 194 valence electrons. The summed E-state index contributed by atoms with van der Waals surface area (Å²) in [5, 5.41) is 24.8. The van der Waals surface area contributed by atoms with Crippen LogP contribution >= 0.6 is 0 Å². The Morgan fingerprint density at radius 2 is 1.33 bits per heavy atom. The van der Waals surface area contributed by atoms with Gasteiger partial charge in [0.25, 0.3) is 0 Å². The molecule has 0 bridgehead atoms. The van der Waals surface area contributed by atoms with Gasteiger partial charge in [-0.2, -0.15) is 5.12 Å². The fourth-order valence-electron chi connectivity index (χ4n) is 4.97. The van der Waals surface area contributed by atoms with Crippen LogP contribution in [0.1, 0.15) is 12.0 Å². The summed E-state index contributed by atoms with van der Waals surface area (Å²) in [6.07, 6.45) is 3.76. The Kier molecular flexibility index (Phi) is 6.82. The molecule has 0 radical (unpaired) electrons. The second-order valence-corrected chi connectivity index (χ2v) is 9.23. The van der Waals surface area contributed by atoms with Crippen molar-refractivity contribution < 1.29 is 0 Å². The summed E-state index contributed by atoms with van der Waals surface area (Å²) in [5.41, 5.74) is 8.93. The van der Waals surface area contributed by atoms with Gasteiger partial charge in [-0.15, -0.1) is 20.1 Å². The van der Waals surface area contributed by atoms with Gasteiger partial charge in [-0.3, -0.25) is 5.43 Å². The summed E-state index contributed by atoms with van der Waals surface area (Å²) in [6.45, 7) is 0.695. The largest absolute Gasteiger partial charge is 0.320 e. The van der Waals surface area contributed by atoms with Gasteiger partial charge in [0.15, 0.2) is 6.33 Å². The number of hydrazine groups is 2. The van der Waals surface area contributed by atoms with E-state index in [1.165, 1.54) is 6.33 Å². The van der Waals surface area contributed by atoms with Crippen LogP contribution in [-0.4, -0.2) is 45.3 Å². The van der Waals surface area contributed by atoms with Crippen LogP contribution < -0.4 is 15.9 Å². The molecule has 1 atom stereocenters. The summed E-state index contributed by atoms with van der Waals surface area (Å²) in [7, 11) is 1.94. The van der Waals surface area contributed by atoms with E-state index < -0.39 is 5.66 Å². The number of nitrogens with one attached hydrogen (secondary N) is 2. The van der Waals surface area contributed by atoms with E-state index in [2.05, 4.69) is 104 Å². The van der Waals surface area contributed by atoms with Crippen LogP contribution in [0.5, 0.6) is 0 Å². The molecule has 0 amide bonds. The van der Waals surface area contributed by atoms with Crippen molar-refractivity contribution in [2.75, 3.05) is 18.7 Å². The van der Waals surface area contributed by atoms with E-state index >= 15 is 0 Å². The van der Waals surface area contributed by atoms with Gasteiger partial charge in [0.05, 0.1) is 5.69 Å². The molecule has 1 aliphatic heterocycles. The summed E-state index contributed by atoms with van der Waals surface area (Å²) in [6, 6.07) is 37.5. The van der Waals surface area contributed by atoms with Crippen molar-refractivity contribution in [3.05, 3.63) is 121 Å². The lowest BCUT2D eigenvalue weighted by Crippen LogP contribution is -2.62. The molecule has 9 heteroatoms. The first-order valence-corrected chi connectivity index (χ1v) is 12.9. The van der Waals surface area contributed by atoms with Gasteiger partial charge in [-0.05, 0) is 58.8 Å². The molecule has 0 aliphatic carbocycles. The predicted molar refractivity (Wildman–Crippen MR) is 153 cm³/mol. The van der Waals surface area contributed by atoms with Crippen molar-refractivity contribution in [1.29, 1.82) is 0 Å². The lowest BCUT2D eigenvalue weighted by molar-refractivity contribution is -0.00285. The van der Waals surface area contributed by atoms with Crippen molar-refractivity contribution in [2.24, 2.45) is 5.10 Å². The number of hydrogen-bond acceptors (Lipinski definition) is 8. The molecular weight excluding hydrogens is 486 g/mol. The first kappa shape index (κ1) is 24.5. The number of rotatable bonds is 9. The van der Waals surface area contributed by atoms with Gasteiger partial charge in [0.2, 0.25) is 5.66 Å². The van der Waals surface area contributed by atoms with Gasteiger partial charge in [-0.1, -0.05) is 102 Å². The Labute approximate surface area is 227 Å². The van der Waals surface area contributed by atoms with Crippen LogP contribution in [0, 0.1) is 0 Å².